The molecule has 0 N–H and O–H groups in total. The van der Waals surface area contributed by atoms with E-state index >= 15 is 0 Å². The van der Waals surface area contributed by atoms with E-state index in [1.54, 1.807) is 0 Å². The maximum Gasteiger partial charge on any atom is 0.155 e. The molecule has 0 saturated carbocycles. The molecular weight excluding hydrogens is 320 g/mol. The first-order valence-electron chi connectivity index (χ1n) is 9.06. The molecule has 0 bridgehead atoms. The fraction of sp³-hybridized carbons (Fsp3) is 0.182. The van der Waals surface area contributed by atoms with Crippen molar-refractivity contribution in [1.82, 2.24) is 9.13 Å². The summed E-state index contributed by atoms with van der Waals surface area (Å²) in [6.45, 7) is 5.96. The zero-order valence-electron chi connectivity index (χ0n) is 15.1. The van der Waals surface area contributed by atoms with Crippen LogP contribution in [0.4, 0.5) is 0 Å². The second-order valence-corrected chi connectivity index (χ2v) is 6.19. The lowest BCUT2D eigenvalue weighted by Gasteiger charge is -2.09. The molecule has 0 atom stereocenters. The molecule has 26 heavy (non-hydrogen) atoms. The van der Waals surface area contributed by atoms with E-state index in [-0.39, 0.29) is 0 Å². The highest BCUT2D eigenvalue weighted by molar-refractivity contribution is 5.79. The van der Waals surface area contributed by atoms with Crippen LogP contribution in [0.15, 0.2) is 83.0 Å². The topological polar surface area (TPSA) is 34.6 Å². The third-order valence-electron chi connectivity index (χ3n) is 4.72. The van der Waals surface area contributed by atoms with Crippen LogP contribution in [0.2, 0.25) is 0 Å². The number of aromatic nitrogens is 2. The zero-order valence-corrected chi connectivity index (χ0v) is 15.1. The predicted molar refractivity (Wildman–Crippen MR) is 106 cm³/mol. The molecule has 0 fully saturated rings. The standard InChI is InChI=1S/C22H22N4/c1-3-25-19-11-7-5-9-17(19)13-15-21(25)23-24-22-16-14-18-10-6-8-12-20(18)26(22)4-2/h5-16H,3-4H2,1-2H3/b23-21-,24-22-. The largest absolute Gasteiger partial charge is 0.325 e. The van der Waals surface area contributed by atoms with E-state index in [2.05, 4.69) is 93.8 Å². The molecule has 4 heteroatoms. The van der Waals surface area contributed by atoms with Crippen LogP contribution < -0.4 is 11.0 Å². The quantitative estimate of drug-likeness (QED) is 0.504. The smallest absolute Gasteiger partial charge is 0.155 e. The molecule has 2 aromatic heterocycles. The van der Waals surface area contributed by atoms with Gasteiger partial charge in [0.25, 0.3) is 0 Å². The molecule has 0 aliphatic rings. The first-order chi connectivity index (χ1) is 12.8. The third-order valence-corrected chi connectivity index (χ3v) is 4.72. The van der Waals surface area contributed by atoms with E-state index in [0.717, 1.165) is 24.1 Å². The summed E-state index contributed by atoms with van der Waals surface area (Å²) in [6, 6.07) is 25.0. The summed E-state index contributed by atoms with van der Waals surface area (Å²) >= 11 is 0. The predicted octanol–water partition coefficient (Wildman–Crippen LogP) is 4.05. The summed E-state index contributed by atoms with van der Waals surface area (Å²) in [5.74, 6) is 0. The number of para-hydroxylation sites is 2. The average molecular weight is 342 g/mol. The lowest BCUT2D eigenvalue weighted by molar-refractivity contribution is 0.708. The van der Waals surface area contributed by atoms with Gasteiger partial charge in [0, 0.05) is 24.1 Å². The number of hydrogen-bond acceptors (Lipinski definition) is 2. The van der Waals surface area contributed by atoms with E-state index < -0.39 is 0 Å². The number of fused-ring (bicyclic) bond motifs is 2. The molecule has 0 unspecified atom stereocenters. The summed E-state index contributed by atoms with van der Waals surface area (Å²) in [5.41, 5.74) is 4.07. The normalized spacial score (nSPS) is 13.0. The first kappa shape index (κ1) is 16.3. The van der Waals surface area contributed by atoms with Crippen molar-refractivity contribution in [3.05, 3.63) is 83.8 Å². The second kappa shape index (κ2) is 7.00. The lowest BCUT2D eigenvalue weighted by Crippen LogP contribution is -2.22. The maximum atomic E-state index is 4.58. The van der Waals surface area contributed by atoms with E-state index in [0.29, 0.717) is 0 Å². The molecular formula is C22H22N4. The fourth-order valence-electron chi connectivity index (χ4n) is 3.45. The summed E-state index contributed by atoms with van der Waals surface area (Å²) in [7, 11) is 0. The molecule has 0 aliphatic heterocycles. The minimum Gasteiger partial charge on any atom is -0.325 e. The van der Waals surface area contributed by atoms with Gasteiger partial charge in [-0.05, 0) is 61.0 Å². The Hall–Kier alpha value is -3.14. The molecule has 2 heterocycles. The molecule has 0 saturated heterocycles. The molecule has 4 nitrogen and oxygen atoms in total. The number of aryl methyl sites for hydroxylation is 2. The van der Waals surface area contributed by atoms with Crippen molar-refractivity contribution in [2.75, 3.05) is 0 Å². The van der Waals surface area contributed by atoms with E-state index in [9.17, 15) is 0 Å². The molecule has 130 valence electrons. The van der Waals surface area contributed by atoms with E-state index in [4.69, 9.17) is 0 Å². The van der Waals surface area contributed by atoms with Crippen molar-refractivity contribution in [1.29, 1.82) is 0 Å². The SMILES string of the molecule is CCn1/c(=N\N=c2\ccc3ccccc3n2CC)ccc2ccccc21. The second-order valence-electron chi connectivity index (χ2n) is 6.19. The molecule has 4 aromatic rings. The van der Waals surface area contributed by atoms with Gasteiger partial charge in [-0.25, -0.2) is 0 Å². The van der Waals surface area contributed by atoms with Crippen LogP contribution in [0.25, 0.3) is 21.8 Å². The van der Waals surface area contributed by atoms with Gasteiger partial charge < -0.3 is 9.13 Å². The minimum atomic E-state index is 0.848. The van der Waals surface area contributed by atoms with Gasteiger partial charge in [-0.15, -0.1) is 10.2 Å². The van der Waals surface area contributed by atoms with Crippen LogP contribution >= 0.6 is 0 Å². The Morgan fingerprint density at radius 3 is 1.42 bits per heavy atom. The fourth-order valence-corrected chi connectivity index (χ4v) is 3.45. The van der Waals surface area contributed by atoms with Crippen molar-refractivity contribution in [2.24, 2.45) is 10.2 Å². The lowest BCUT2D eigenvalue weighted by atomic mass is 10.2. The third kappa shape index (κ3) is 2.84. The van der Waals surface area contributed by atoms with Crippen LogP contribution in [0, 0.1) is 0 Å². The number of nitrogens with zero attached hydrogens (tertiary/aromatic N) is 4. The van der Waals surface area contributed by atoms with Crippen molar-refractivity contribution in [3.63, 3.8) is 0 Å². The Balaban J connectivity index is 1.95. The highest BCUT2D eigenvalue weighted by Gasteiger charge is 2.00. The van der Waals surface area contributed by atoms with Gasteiger partial charge in [0.15, 0.2) is 11.0 Å². The highest BCUT2D eigenvalue weighted by atomic mass is 15.3. The summed E-state index contributed by atoms with van der Waals surface area (Å²) in [6.07, 6.45) is 0. The summed E-state index contributed by atoms with van der Waals surface area (Å²) < 4.78 is 4.38. The van der Waals surface area contributed by atoms with Gasteiger partial charge in [-0.2, -0.15) is 0 Å². The van der Waals surface area contributed by atoms with Gasteiger partial charge in [-0.3, -0.25) is 0 Å². The highest BCUT2D eigenvalue weighted by Crippen LogP contribution is 2.11. The number of pyridine rings is 2. The van der Waals surface area contributed by atoms with Crippen molar-refractivity contribution in [2.45, 2.75) is 26.9 Å². The number of benzene rings is 2. The van der Waals surface area contributed by atoms with Gasteiger partial charge in [0.05, 0.1) is 0 Å². The molecule has 2 aromatic carbocycles. The van der Waals surface area contributed by atoms with Gasteiger partial charge in [-0.1, -0.05) is 36.4 Å². The van der Waals surface area contributed by atoms with Crippen molar-refractivity contribution in [3.8, 4) is 0 Å². The van der Waals surface area contributed by atoms with Crippen LogP contribution in [-0.2, 0) is 13.1 Å². The van der Waals surface area contributed by atoms with E-state index in [1.807, 2.05) is 12.1 Å². The van der Waals surface area contributed by atoms with Crippen LogP contribution in [-0.4, -0.2) is 9.13 Å². The van der Waals surface area contributed by atoms with E-state index in [1.165, 1.54) is 21.8 Å². The Morgan fingerprint density at radius 1 is 0.577 bits per heavy atom. The average Bonchev–Trinajstić information content (AvgIpc) is 2.71. The molecule has 4 rings (SSSR count). The van der Waals surface area contributed by atoms with Crippen LogP contribution in [0.3, 0.4) is 0 Å². The molecule has 0 spiro atoms. The Bertz CT molecular complexity index is 1110. The Labute approximate surface area is 152 Å². The van der Waals surface area contributed by atoms with Gasteiger partial charge in [0.2, 0.25) is 0 Å². The van der Waals surface area contributed by atoms with Crippen molar-refractivity contribution < 1.29 is 0 Å². The molecule has 0 radical (unpaired) electrons. The van der Waals surface area contributed by atoms with Crippen LogP contribution in [0.1, 0.15) is 13.8 Å². The van der Waals surface area contributed by atoms with Gasteiger partial charge in [0.1, 0.15) is 0 Å². The zero-order chi connectivity index (χ0) is 17.9. The summed E-state index contributed by atoms with van der Waals surface area (Å²) in [5, 5.41) is 11.6. The molecule has 0 amide bonds. The van der Waals surface area contributed by atoms with Crippen LogP contribution in [0.5, 0.6) is 0 Å². The minimum absolute atomic E-state index is 0.848. The Kier molecular flexibility index (Phi) is 4.40. The number of hydrogen-bond donors (Lipinski definition) is 0. The Morgan fingerprint density at radius 2 is 1.00 bits per heavy atom. The number of rotatable bonds is 3. The first-order valence-corrected chi connectivity index (χ1v) is 9.06. The monoisotopic (exact) mass is 342 g/mol. The summed E-state index contributed by atoms with van der Waals surface area (Å²) in [4.78, 5) is 0. The van der Waals surface area contributed by atoms with Gasteiger partial charge >= 0.3 is 0 Å². The van der Waals surface area contributed by atoms with Crippen molar-refractivity contribution >= 4 is 21.8 Å². The molecule has 0 aliphatic carbocycles. The maximum absolute atomic E-state index is 4.58.